The minimum Gasteiger partial charge on any atom is -0.479 e. The molecule has 1 atom stereocenters. The number of hydrogen-bond donors (Lipinski definition) is 5. The topological polar surface area (TPSA) is 233 Å². The van der Waals surface area contributed by atoms with Crippen LogP contribution in [0.5, 0.6) is 5.75 Å². The van der Waals surface area contributed by atoms with Crippen LogP contribution in [0, 0.1) is 0 Å². The van der Waals surface area contributed by atoms with Crippen molar-refractivity contribution in [1.29, 1.82) is 0 Å². The van der Waals surface area contributed by atoms with Crippen molar-refractivity contribution in [3.8, 4) is 16.2 Å². The lowest BCUT2D eigenvalue weighted by atomic mass is 10.0. The van der Waals surface area contributed by atoms with E-state index in [4.69, 9.17) is 21.1 Å². The van der Waals surface area contributed by atoms with Gasteiger partial charge in [0.1, 0.15) is 16.7 Å². The molecule has 4 amide bonds. The fourth-order valence-electron chi connectivity index (χ4n) is 9.33. The summed E-state index contributed by atoms with van der Waals surface area (Å²) >= 11 is 7.76. The van der Waals surface area contributed by atoms with E-state index < -0.39 is 46.1 Å². The van der Waals surface area contributed by atoms with E-state index in [1.54, 1.807) is 56.0 Å². The Morgan fingerprint density at radius 1 is 0.887 bits per heavy atom. The van der Waals surface area contributed by atoms with Crippen molar-refractivity contribution in [2.45, 2.75) is 102 Å². The Morgan fingerprint density at radius 2 is 1.58 bits per heavy atom. The zero-order valence-corrected chi connectivity index (χ0v) is 42.1. The molecule has 4 aliphatic rings. The lowest BCUT2D eigenvalue weighted by Crippen LogP contribution is -2.52. The third kappa shape index (κ3) is 12.7. The highest BCUT2D eigenvalue weighted by molar-refractivity contribution is 7.88. The summed E-state index contributed by atoms with van der Waals surface area (Å²) < 4.78 is 39.8. The summed E-state index contributed by atoms with van der Waals surface area (Å²) in [7, 11) is -3.68. The van der Waals surface area contributed by atoms with Crippen LogP contribution in [0.3, 0.4) is 0 Å². The Kier molecular flexibility index (Phi) is 15.7. The smallest absolute Gasteiger partial charge is 0.352 e. The summed E-state index contributed by atoms with van der Waals surface area (Å²) in [4.78, 5) is 79.3. The van der Waals surface area contributed by atoms with Crippen molar-refractivity contribution in [3.05, 3.63) is 93.3 Å². The Labute approximate surface area is 421 Å². The van der Waals surface area contributed by atoms with Crippen molar-refractivity contribution in [1.82, 2.24) is 19.4 Å². The number of fused-ring (bicyclic) bond motifs is 1. The van der Waals surface area contributed by atoms with E-state index in [1.165, 1.54) is 4.31 Å². The highest BCUT2D eigenvalue weighted by Gasteiger charge is 2.40. The van der Waals surface area contributed by atoms with Crippen LogP contribution in [-0.2, 0) is 46.2 Å². The van der Waals surface area contributed by atoms with Gasteiger partial charge in [-0.15, -0.1) is 11.3 Å². The fourth-order valence-corrected chi connectivity index (χ4v) is 12.3. The van der Waals surface area contributed by atoms with Crippen LogP contribution in [0.25, 0.3) is 10.4 Å². The number of carboxylic acid groups (broad SMARTS) is 1. The van der Waals surface area contributed by atoms with Gasteiger partial charge in [0.05, 0.1) is 10.6 Å². The largest absolute Gasteiger partial charge is 0.479 e. The second-order valence-corrected chi connectivity index (χ2v) is 22.6. The summed E-state index contributed by atoms with van der Waals surface area (Å²) in [6, 6.07) is 19.3. The summed E-state index contributed by atoms with van der Waals surface area (Å²) in [5.41, 5.74) is 3.97. The predicted molar refractivity (Wildman–Crippen MR) is 269 cm³/mol. The normalized spacial score (nSPS) is 18.5. The molecule has 0 saturated carbocycles. The van der Waals surface area contributed by atoms with Crippen LogP contribution in [0.1, 0.15) is 96.9 Å². The van der Waals surface area contributed by atoms with Crippen LogP contribution in [-0.4, -0.2) is 126 Å². The van der Waals surface area contributed by atoms with Gasteiger partial charge in [0.2, 0.25) is 27.7 Å². The Hall–Kier alpha value is -6.06. The van der Waals surface area contributed by atoms with Gasteiger partial charge in [-0.1, -0.05) is 41.9 Å². The molecule has 3 aromatic carbocycles. The van der Waals surface area contributed by atoms with Crippen LogP contribution in [0.2, 0.25) is 5.02 Å². The number of amides is 4. The number of carbonyl (C=O) groups is 6. The van der Waals surface area contributed by atoms with Gasteiger partial charge >= 0.3 is 11.9 Å². The number of carbonyl (C=O) groups excluding carboxylic acids is 5. The molecule has 1 aromatic heterocycles. The number of thiophene rings is 1. The van der Waals surface area contributed by atoms with Crippen molar-refractivity contribution < 1.29 is 51.8 Å². The first kappa shape index (κ1) is 51.3. The zero-order chi connectivity index (χ0) is 50.6. The molecule has 21 heteroatoms. The number of halogens is 1. The maximum atomic E-state index is 13.7. The number of anilines is 3. The van der Waals surface area contributed by atoms with Gasteiger partial charge in [-0.2, -0.15) is 0 Å². The van der Waals surface area contributed by atoms with Crippen molar-refractivity contribution >= 4 is 85.6 Å². The number of imide groups is 1. The lowest BCUT2D eigenvalue weighted by Gasteiger charge is -2.33. The number of benzene rings is 3. The van der Waals surface area contributed by atoms with E-state index in [2.05, 4.69) is 26.2 Å². The number of piperidine rings is 3. The Bertz CT molecular complexity index is 2820. The number of rotatable bonds is 17. The van der Waals surface area contributed by atoms with E-state index in [0.29, 0.717) is 72.7 Å². The lowest BCUT2D eigenvalue weighted by molar-refractivity contribution is -0.139. The van der Waals surface area contributed by atoms with Gasteiger partial charge < -0.3 is 40.3 Å². The third-order valence-corrected chi connectivity index (χ3v) is 16.3. The van der Waals surface area contributed by atoms with E-state index in [9.17, 15) is 42.3 Å². The minimum absolute atomic E-state index is 0.0336. The number of aliphatic carboxylic acids is 1. The molecule has 378 valence electrons. The standard InChI is InChI=1S/C50H58ClN7O11S2/c1-50(2,3)69-49(65)46-44(68-28-42(61)62)43(51)45(70-46)31-8-5-10-35(26-31)52-32-17-23-57(24-18-32)71(66,67)29-30-7-4-9-34(25-30)54-41(60)19-22-56-20-15-33(16-21-56)53-38-12-6-11-36-37(38)27-58(48(36)64)39-13-14-40(59)55-47(39)63/h4-12,25-26,32-33,39,52-53H,13-24,27-29H2,1-3H3,(H,54,60)(H,61,62)(H,55,59,63). The number of nitrogens with one attached hydrogen (secondary N) is 4. The summed E-state index contributed by atoms with van der Waals surface area (Å²) in [6.07, 6.45) is 3.53. The molecule has 5 heterocycles. The molecular formula is C50H58ClN7O11S2. The van der Waals surface area contributed by atoms with E-state index in [1.807, 2.05) is 36.4 Å². The molecule has 4 aliphatic heterocycles. The van der Waals surface area contributed by atoms with Gasteiger partial charge in [0.25, 0.3) is 5.91 Å². The monoisotopic (exact) mass is 1030 g/mol. The number of likely N-dealkylation sites (tertiary alicyclic amines) is 1. The molecule has 8 rings (SSSR count). The first-order chi connectivity index (χ1) is 33.8. The summed E-state index contributed by atoms with van der Waals surface area (Å²) in [5, 5.41) is 21.7. The van der Waals surface area contributed by atoms with Crippen LogP contribution < -0.4 is 26.0 Å². The molecule has 71 heavy (non-hydrogen) atoms. The van der Waals surface area contributed by atoms with Crippen molar-refractivity contribution in [2.24, 2.45) is 0 Å². The maximum absolute atomic E-state index is 13.7. The Morgan fingerprint density at radius 3 is 2.30 bits per heavy atom. The number of esters is 1. The van der Waals surface area contributed by atoms with E-state index in [-0.39, 0.29) is 64.0 Å². The molecule has 3 fully saturated rings. The zero-order valence-electron chi connectivity index (χ0n) is 39.8. The summed E-state index contributed by atoms with van der Waals surface area (Å²) in [5.74, 6) is -3.33. The highest BCUT2D eigenvalue weighted by atomic mass is 35.5. The van der Waals surface area contributed by atoms with Gasteiger partial charge in [-0.05, 0) is 100 Å². The average molecular weight is 1030 g/mol. The Balaban J connectivity index is 0.779. The molecule has 4 aromatic rings. The highest BCUT2D eigenvalue weighted by Crippen LogP contribution is 2.47. The number of ether oxygens (including phenoxy) is 2. The average Bonchev–Trinajstić information content (AvgIpc) is 3.83. The van der Waals surface area contributed by atoms with Crippen molar-refractivity contribution in [2.75, 3.05) is 55.3 Å². The maximum Gasteiger partial charge on any atom is 0.352 e. The number of carboxylic acids is 1. The molecule has 0 spiro atoms. The number of sulfonamides is 1. The molecule has 3 saturated heterocycles. The SMILES string of the molecule is CC(C)(C)OC(=O)c1sc(-c2cccc(NC3CCN(S(=O)(=O)Cc4cccc(NC(=O)CCN5CCC(Nc6cccc7c6CN(C6CCC(=O)NC6=O)C7=O)CC5)c4)CC3)c2)c(Cl)c1OCC(=O)O. The quantitative estimate of drug-likeness (QED) is 0.0557. The predicted octanol–water partition coefficient (Wildman–Crippen LogP) is 6.56. The van der Waals surface area contributed by atoms with Crippen LogP contribution in [0.15, 0.2) is 66.7 Å². The second kappa shape index (κ2) is 21.7. The molecule has 1 unspecified atom stereocenters. The second-order valence-electron chi connectivity index (χ2n) is 19.2. The first-order valence-corrected chi connectivity index (χ1v) is 26.5. The summed E-state index contributed by atoms with van der Waals surface area (Å²) in [6.45, 7) is 7.49. The van der Waals surface area contributed by atoms with E-state index >= 15 is 0 Å². The third-order valence-electron chi connectivity index (χ3n) is 12.8. The number of nitrogens with zero attached hydrogens (tertiary/aromatic N) is 3. The van der Waals surface area contributed by atoms with Crippen LogP contribution >= 0.6 is 22.9 Å². The molecule has 0 bridgehead atoms. The van der Waals surface area contributed by atoms with Crippen molar-refractivity contribution in [3.63, 3.8) is 0 Å². The molecule has 0 radical (unpaired) electrons. The van der Waals surface area contributed by atoms with Gasteiger partial charge in [0.15, 0.2) is 17.2 Å². The van der Waals surface area contributed by atoms with Gasteiger partial charge in [-0.25, -0.2) is 22.3 Å². The molecule has 18 nitrogen and oxygen atoms in total. The molecule has 5 N–H and O–H groups in total. The first-order valence-electron chi connectivity index (χ1n) is 23.7. The number of hydrogen-bond acceptors (Lipinski definition) is 14. The molecule has 0 aliphatic carbocycles. The van der Waals surface area contributed by atoms with Crippen LogP contribution in [0.4, 0.5) is 17.1 Å². The van der Waals surface area contributed by atoms with Gasteiger partial charge in [-0.3, -0.25) is 24.5 Å². The fraction of sp³-hybridized carbons (Fsp3) is 0.440. The van der Waals surface area contributed by atoms with Gasteiger partial charge in [0, 0.05) is 92.4 Å². The molecular weight excluding hydrogens is 974 g/mol. The van der Waals surface area contributed by atoms with E-state index in [0.717, 1.165) is 54.2 Å². The minimum atomic E-state index is -3.68.